The molecule has 1 aliphatic carbocycles. The summed E-state index contributed by atoms with van der Waals surface area (Å²) in [5.74, 6) is -1.55. The van der Waals surface area contributed by atoms with E-state index in [0.717, 1.165) is 11.0 Å². The van der Waals surface area contributed by atoms with Crippen molar-refractivity contribution in [2.75, 3.05) is 17.6 Å². The molecular formula is C14H14FN3O3. The number of imide groups is 1. The van der Waals surface area contributed by atoms with Crippen LogP contribution in [0.25, 0.3) is 0 Å². The summed E-state index contributed by atoms with van der Waals surface area (Å²) in [6.45, 7) is 0.0671. The van der Waals surface area contributed by atoms with Gasteiger partial charge in [-0.3, -0.25) is 19.3 Å². The third-order valence-electron chi connectivity index (χ3n) is 3.81. The van der Waals surface area contributed by atoms with Gasteiger partial charge in [0.05, 0.1) is 23.2 Å². The van der Waals surface area contributed by atoms with Crippen molar-refractivity contribution in [3.8, 4) is 0 Å². The number of rotatable bonds is 4. The molecule has 21 heavy (non-hydrogen) atoms. The van der Waals surface area contributed by atoms with Gasteiger partial charge in [-0.05, 0) is 24.6 Å². The first-order valence-corrected chi connectivity index (χ1v) is 6.67. The lowest BCUT2D eigenvalue weighted by atomic mass is 10.2. The number of fused-ring (bicyclic) bond motifs is 1. The number of nitrogens with two attached hydrogens (primary N) is 1. The minimum atomic E-state index is -0.488. The molecule has 2 aliphatic rings. The van der Waals surface area contributed by atoms with E-state index in [0.29, 0.717) is 12.1 Å². The fraction of sp³-hybridized carbons (Fsp3) is 0.357. The molecule has 2 atom stereocenters. The van der Waals surface area contributed by atoms with Crippen molar-refractivity contribution in [3.63, 3.8) is 0 Å². The second-order valence-corrected chi connectivity index (χ2v) is 5.31. The summed E-state index contributed by atoms with van der Waals surface area (Å²) in [6.07, 6.45) is 0.639. The Balaban J connectivity index is 1.55. The van der Waals surface area contributed by atoms with Gasteiger partial charge >= 0.3 is 0 Å². The van der Waals surface area contributed by atoms with Crippen molar-refractivity contribution in [3.05, 3.63) is 24.0 Å². The lowest BCUT2D eigenvalue weighted by Gasteiger charge is -2.16. The molecule has 0 radical (unpaired) electrons. The van der Waals surface area contributed by atoms with E-state index in [1.807, 2.05) is 0 Å². The van der Waals surface area contributed by atoms with E-state index in [9.17, 15) is 18.8 Å². The quantitative estimate of drug-likeness (QED) is 0.632. The molecule has 1 aromatic carbocycles. The van der Waals surface area contributed by atoms with Gasteiger partial charge in [0.25, 0.3) is 0 Å². The molecule has 2 unspecified atom stereocenters. The highest BCUT2D eigenvalue weighted by atomic mass is 19.1. The van der Waals surface area contributed by atoms with Crippen LogP contribution in [0.5, 0.6) is 0 Å². The number of carbonyl (C=O) groups excluding carboxylic acids is 3. The lowest BCUT2D eigenvalue weighted by Crippen LogP contribution is -2.35. The molecule has 1 saturated carbocycles. The average Bonchev–Trinajstić information content (AvgIpc) is 3.17. The van der Waals surface area contributed by atoms with Gasteiger partial charge in [-0.1, -0.05) is 0 Å². The Hall–Kier alpha value is -2.44. The molecule has 6 nitrogen and oxygen atoms in total. The molecule has 7 heteroatoms. The third kappa shape index (κ3) is 2.46. The highest BCUT2D eigenvalue weighted by molar-refractivity contribution is 6.09. The number of nitrogens with one attached hydrogen (secondary N) is 1. The lowest BCUT2D eigenvalue weighted by molar-refractivity contribution is -0.141. The monoisotopic (exact) mass is 291 g/mol. The van der Waals surface area contributed by atoms with E-state index in [-0.39, 0.29) is 48.2 Å². The summed E-state index contributed by atoms with van der Waals surface area (Å²) in [4.78, 5) is 36.4. The minimum absolute atomic E-state index is 0.00621. The molecule has 110 valence electrons. The second kappa shape index (κ2) is 4.83. The van der Waals surface area contributed by atoms with Crippen LogP contribution in [0.2, 0.25) is 0 Å². The maximum atomic E-state index is 12.9. The maximum Gasteiger partial charge on any atom is 0.233 e. The SMILES string of the molecule is Nc1cc(F)ccc1NC(=O)CCN1C(=O)C2CC2C1=O. The summed E-state index contributed by atoms with van der Waals surface area (Å²) in [5, 5.41) is 2.53. The molecule has 3 rings (SSSR count). The van der Waals surface area contributed by atoms with Crippen LogP contribution in [-0.2, 0) is 14.4 Å². The number of hydrogen-bond donors (Lipinski definition) is 2. The van der Waals surface area contributed by atoms with Crippen molar-refractivity contribution >= 4 is 29.1 Å². The number of benzene rings is 1. The number of anilines is 2. The van der Waals surface area contributed by atoms with Crippen LogP contribution in [0.3, 0.4) is 0 Å². The van der Waals surface area contributed by atoms with Crippen LogP contribution in [0.1, 0.15) is 12.8 Å². The number of halogens is 1. The standard InChI is InChI=1S/C14H14FN3O3/c15-7-1-2-11(10(16)5-7)17-12(19)3-4-18-13(20)8-6-9(8)14(18)21/h1-2,5,8-9H,3-4,6,16H2,(H,17,19). The molecule has 1 aromatic rings. The van der Waals surface area contributed by atoms with Crippen molar-refractivity contribution in [1.29, 1.82) is 0 Å². The Bertz CT molecular complexity index is 626. The van der Waals surface area contributed by atoms with Gasteiger partial charge in [-0.15, -0.1) is 0 Å². The number of hydrogen-bond acceptors (Lipinski definition) is 4. The number of amides is 3. The van der Waals surface area contributed by atoms with E-state index in [4.69, 9.17) is 5.73 Å². The van der Waals surface area contributed by atoms with E-state index < -0.39 is 5.82 Å². The van der Waals surface area contributed by atoms with Crippen LogP contribution < -0.4 is 11.1 Å². The molecule has 1 saturated heterocycles. The number of piperidine rings is 1. The first-order chi connectivity index (χ1) is 9.97. The van der Waals surface area contributed by atoms with Crippen molar-refractivity contribution in [2.24, 2.45) is 11.8 Å². The van der Waals surface area contributed by atoms with Gasteiger partial charge in [-0.25, -0.2) is 4.39 Å². The van der Waals surface area contributed by atoms with Crippen molar-refractivity contribution in [1.82, 2.24) is 4.90 Å². The average molecular weight is 291 g/mol. The number of likely N-dealkylation sites (tertiary alicyclic amines) is 1. The highest BCUT2D eigenvalue weighted by Gasteiger charge is 2.58. The van der Waals surface area contributed by atoms with E-state index >= 15 is 0 Å². The summed E-state index contributed by atoms with van der Waals surface area (Å²) in [6, 6.07) is 3.66. The first kappa shape index (κ1) is 13.5. The zero-order valence-corrected chi connectivity index (χ0v) is 11.1. The molecule has 0 bridgehead atoms. The van der Waals surface area contributed by atoms with Crippen molar-refractivity contribution < 1.29 is 18.8 Å². The third-order valence-corrected chi connectivity index (χ3v) is 3.81. The summed E-state index contributed by atoms with van der Waals surface area (Å²) >= 11 is 0. The van der Waals surface area contributed by atoms with E-state index in [1.165, 1.54) is 12.1 Å². The predicted molar refractivity (Wildman–Crippen MR) is 72.4 cm³/mol. The van der Waals surface area contributed by atoms with E-state index in [2.05, 4.69) is 5.32 Å². The van der Waals surface area contributed by atoms with Crippen LogP contribution in [0.4, 0.5) is 15.8 Å². The molecule has 1 aliphatic heterocycles. The number of nitrogen functional groups attached to an aromatic ring is 1. The largest absolute Gasteiger partial charge is 0.397 e. The van der Waals surface area contributed by atoms with Gasteiger partial charge in [0.2, 0.25) is 17.7 Å². The fourth-order valence-electron chi connectivity index (χ4n) is 2.54. The Morgan fingerprint density at radius 2 is 2.00 bits per heavy atom. The zero-order chi connectivity index (χ0) is 15.1. The Labute approximate surface area is 120 Å². The predicted octanol–water partition coefficient (Wildman–Crippen LogP) is 0.741. The molecule has 3 amide bonds. The Morgan fingerprint density at radius 1 is 1.33 bits per heavy atom. The number of carbonyl (C=O) groups is 3. The molecule has 1 heterocycles. The van der Waals surface area contributed by atoms with Gasteiger partial charge in [0.1, 0.15) is 5.82 Å². The second-order valence-electron chi connectivity index (χ2n) is 5.31. The molecule has 0 spiro atoms. The molecule has 3 N–H and O–H groups in total. The Kier molecular flexibility index (Phi) is 3.12. The number of nitrogens with zero attached hydrogens (tertiary/aromatic N) is 1. The smallest absolute Gasteiger partial charge is 0.233 e. The first-order valence-electron chi connectivity index (χ1n) is 6.67. The van der Waals surface area contributed by atoms with Crippen LogP contribution in [0, 0.1) is 17.7 Å². The zero-order valence-electron chi connectivity index (χ0n) is 11.1. The van der Waals surface area contributed by atoms with Gasteiger partial charge in [0, 0.05) is 13.0 Å². The minimum Gasteiger partial charge on any atom is -0.397 e. The summed E-state index contributed by atoms with van der Waals surface area (Å²) in [5.41, 5.74) is 6.01. The topological polar surface area (TPSA) is 92.5 Å². The molecular weight excluding hydrogens is 277 g/mol. The maximum absolute atomic E-state index is 12.9. The normalized spacial score (nSPS) is 23.2. The summed E-state index contributed by atoms with van der Waals surface area (Å²) < 4.78 is 12.9. The van der Waals surface area contributed by atoms with Crippen LogP contribution in [0.15, 0.2) is 18.2 Å². The van der Waals surface area contributed by atoms with Crippen LogP contribution >= 0.6 is 0 Å². The highest BCUT2D eigenvalue weighted by Crippen LogP contribution is 2.46. The van der Waals surface area contributed by atoms with Gasteiger partial charge in [-0.2, -0.15) is 0 Å². The molecule has 2 fully saturated rings. The fourth-order valence-corrected chi connectivity index (χ4v) is 2.54. The van der Waals surface area contributed by atoms with Gasteiger partial charge < -0.3 is 11.1 Å². The Morgan fingerprint density at radius 3 is 2.62 bits per heavy atom. The van der Waals surface area contributed by atoms with Gasteiger partial charge in [0.15, 0.2) is 0 Å². The molecule has 0 aromatic heterocycles. The van der Waals surface area contributed by atoms with Crippen LogP contribution in [-0.4, -0.2) is 29.2 Å². The summed E-state index contributed by atoms with van der Waals surface area (Å²) in [7, 11) is 0. The van der Waals surface area contributed by atoms with Crippen molar-refractivity contribution in [2.45, 2.75) is 12.8 Å². The van der Waals surface area contributed by atoms with E-state index in [1.54, 1.807) is 0 Å².